The van der Waals surface area contributed by atoms with E-state index in [0.29, 0.717) is 17.5 Å². The van der Waals surface area contributed by atoms with Crippen LogP contribution in [-0.2, 0) is 12.2 Å². The van der Waals surface area contributed by atoms with E-state index in [1.54, 1.807) is 7.11 Å². The van der Waals surface area contributed by atoms with E-state index in [4.69, 9.17) is 9.26 Å². The number of benzene rings is 2. The molecular weight excluding hydrogens is 386 g/mol. The van der Waals surface area contributed by atoms with E-state index in [1.165, 1.54) is 17.3 Å². The molecule has 0 atom stereocenters. The molecule has 0 aliphatic carbocycles. The monoisotopic (exact) mass is 407 g/mol. The fourth-order valence-corrected chi connectivity index (χ4v) is 3.75. The predicted molar refractivity (Wildman–Crippen MR) is 111 cm³/mol. The summed E-state index contributed by atoms with van der Waals surface area (Å²) in [5, 5.41) is 13.4. The van der Waals surface area contributed by atoms with Crippen LogP contribution in [-0.4, -0.2) is 32.0 Å². The van der Waals surface area contributed by atoms with Gasteiger partial charge in [-0.2, -0.15) is 4.98 Å². The first-order valence-electron chi connectivity index (χ1n) is 9.29. The Balaban J connectivity index is 1.49. The average molecular weight is 407 g/mol. The molecule has 7 nitrogen and oxygen atoms in total. The van der Waals surface area contributed by atoms with Crippen molar-refractivity contribution in [2.75, 3.05) is 7.11 Å². The van der Waals surface area contributed by atoms with Crippen LogP contribution in [0.5, 0.6) is 5.75 Å². The second kappa shape index (κ2) is 8.48. The molecule has 4 rings (SSSR count). The molecule has 148 valence electrons. The van der Waals surface area contributed by atoms with Gasteiger partial charge in [-0.05, 0) is 55.3 Å². The van der Waals surface area contributed by atoms with E-state index in [2.05, 4.69) is 51.5 Å². The minimum absolute atomic E-state index is 0.508. The van der Waals surface area contributed by atoms with Crippen LogP contribution in [0.4, 0.5) is 0 Å². The number of aromatic nitrogens is 5. The van der Waals surface area contributed by atoms with E-state index in [1.807, 2.05) is 35.8 Å². The predicted octanol–water partition coefficient (Wildman–Crippen LogP) is 4.49. The largest absolute Gasteiger partial charge is 0.497 e. The first kappa shape index (κ1) is 19.2. The standard InChI is InChI=1S/C21H21N5O2S/c1-4-15-5-9-17(10-6-15)26-14(2)23-24-21(26)29-13-19-22-20(25-28-19)16-7-11-18(27-3)12-8-16/h5-12H,4,13H2,1-3H3. The summed E-state index contributed by atoms with van der Waals surface area (Å²) < 4.78 is 12.6. The van der Waals surface area contributed by atoms with Crippen LogP contribution in [0.1, 0.15) is 24.2 Å². The first-order chi connectivity index (χ1) is 14.2. The summed E-state index contributed by atoms with van der Waals surface area (Å²) in [6.07, 6.45) is 1.01. The number of aryl methyl sites for hydroxylation is 2. The number of nitrogens with zero attached hydrogens (tertiary/aromatic N) is 5. The lowest BCUT2D eigenvalue weighted by molar-refractivity contribution is 0.391. The van der Waals surface area contributed by atoms with Gasteiger partial charge in [-0.1, -0.05) is 36.0 Å². The van der Waals surface area contributed by atoms with Gasteiger partial charge in [0.25, 0.3) is 0 Å². The Kier molecular flexibility index (Phi) is 5.62. The molecule has 0 saturated carbocycles. The zero-order valence-electron chi connectivity index (χ0n) is 16.5. The summed E-state index contributed by atoms with van der Waals surface area (Å²) >= 11 is 1.51. The normalized spacial score (nSPS) is 11.0. The van der Waals surface area contributed by atoms with Gasteiger partial charge in [0.1, 0.15) is 11.6 Å². The third kappa shape index (κ3) is 4.17. The number of ether oxygens (including phenoxy) is 1. The van der Waals surface area contributed by atoms with Crippen LogP contribution in [0.2, 0.25) is 0 Å². The second-order valence-corrected chi connectivity index (χ2v) is 7.36. The van der Waals surface area contributed by atoms with Crippen LogP contribution in [0.15, 0.2) is 58.2 Å². The molecule has 0 amide bonds. The number of methoxy groups -OCH3 is 1. The lowest BCUT2D eigenvalue weighted by atomic mass is 10.1. The van der Waals surface area contributed by atoms with Gasteiger partial charge in [0.15, 0.2) is 5.16 Å². The summed E-state index contributed by atoms with van der Waals surface area (Å²) in [7, 11) is 1.64. The molecule has 0 radical (unpaired) electrons. The first-order valence-corrected chi connectivity index (χ1v) is 10.3. The Hall–Kier alpha value is -3.13. The molecule has 29 heavy (non-hydrogen) atoms. The quantitative estimate of drug-likeness (QED) is 0.418. The van der Waals surface area contributed by atoms with Crippen molar-refractivity contribution in [1.29, 1.82) is 0 Å². The molecule has 0 aliphatic rings. The van der Waals surface area contributed by atoms with Crippen molar-refractivity contribution < 1.29 is 9.26 Å². The summed E-state index contributed by atoms with van der Waals surface area (Å²) in [5.74, 6) is 3.22. The molecule has 2 aromatic carbocycles. The van der Waals surface area contributed by atoms with Crippen molar-refractivity contribution >= 4 is 11.8 Å². The van der Waals surface area contributed by atoms with Gasteiger partial charge < -0.3 is 9.26 Å². The highest BCUT2D eigenvalue weighted by Crippen LogP contribution is 2.26. The van der Waals surface area contributed by atoms with Gasteiger partial charge in [-0.15, -0.1) is 10.2 Å². The fourth-order valence-electron chi connectivity index (χ4n) is 2.91. The summed E-state index contributed by atoms with van der Waals surface area (Å²) in [6, 6.07) is 16.0. The van der Waals surface area contributed by atoms with E-state index < -0.39 is 0 Å². The number of thioether (sulfide) groups is 1. The highest BCUT2D eigenvalue weighted by Gasteiger charge is 2.15. The Labute approximate surface area is 173 Å². The minimum atomic E-state index is 0.508. The number of hydrogen-bond acceptors (Lipinski definition) is 7. The van der Waals surface area contributed by atoms with Crippen molar-refractivity contribution in [3.8, 4) is 22.8 Å². The molecule has 0 unspecified atom stereocenters. The third-order valence-electron chi connectivity index (χ3n) is 4.54. The lowest BCUT2D eigenvalue weighted by Gasteiger charge is -2.08. The molecule has 8 heteroatoms. The van der Waals surface area contributed by atoms with Crippen LogP contribution in [0.25, 0.3) is 17.1 Å². The van der Waals surface area contributed by atoms with Crippen LogP contribution < -0.4 is 4.74 Å². The Bertz CT molecular complexity index is 1090. The maximum absolute atomic E-state index is 5.41. The SMILES string of the molecule is CCc1ccc(-n2c(C)nnc2SCc2nc(-c3ccc(OC)cc3)no2)cc1. The van der Waals surface area contributed by atoms with Crippen molar-refractivity contribution in [3.05, 3.63) is 65.8 Å². The lowest BCUT2D eigenvalue weighted by Crippen LogP contribution is -1.99. The highest BCUT2D eigenvalue weighted by atomic mass is 32.2. The summed E-state index contributed by atoms with van der Waals surface area (Å²) in [6.45, 7) is 4.09. The van der Waals surface area contributed by atoms with Crippen molar-refractivity contribution in [2.45, 2.75) is 31.2 Å². The molecular formula is C21H21N5O2S. The Morgan fingerprint density at radius 2 is 1.79 bits per heavy atom. The highest BCUT2D eigenvalue weighted by molar-refractivity contribution is 7.98. The zero-order valence-corrected chi connectivity index (χ0v) is 17.3. The van der Waals surface area contributed by atoms with Gasteiger partial charge in [0.2, 0.25) is 11.7 Å². The van der Waals surface area contributed by atoms with Gasteiger partial charge in [0.05, 0.1) is 12.9 Å². The minimum Gasteiger partial charge on any atom is -0.497 e. The van der Waals surface area contributed by atoms with E-state index in [0.717, 1.165) is 34.4 Å². The van der Waals surface area contributed by atoms with Gasteiger partial charge >= 0.3 is 0 Å². The molecule has 2 heterocycles. The van der Waals surface area contributed by atoms with Crippen molar-refractivity contribution in [2.24, 2.45) is 0 Å². The zero-order chi connectivity index (χ0) is 20.2. The second-order valence-electron chi connectivity index (χ2n) is 6.41. The molecule has 0 bridgehead atoms. The number of rotatable bonds is 7. The molecule has 4 aromatic rings. The molecule has 0 N–H and O–H groups in total. The molecule has 0 aliphatic heterocycles. The van der Waals surface area contributed by atoms with Crippen LogP contribution in [0, 0.1) is 6.92 Å². The molecule has 0 spiro atoms. The van der Waals surface area contributed by atoms with Crippen molar-refractivity contribution in [3.63, 3.8) is 0 Å². The topological polar surface area (TPSA) is 78.9 Å². The third-order valence-corrected chi connectivity index (χ3v) is 5.45. The maximum atomic E-state index is 5.41. The van der Waals surface area contributed by atoms with Gasteiger partial charge in [-0.3, -0.25) is 4.57 Å². The van der Waals surface area contributed by atoms with E-state index in [9.17, 15) is 0 Å². The molecule has 0 fully saturated rings. The average Bonchev–Trinajstić information content (AvgIpc) is 3.39. The Morgan fingerprint density at radius 1 is 1.03 bits per heavy atom. The van der Waals surface area contributed by atoms with Crippen LogP contribution in [0.3, 0.4) is 0 Å². The maximum Gasteiger partial charge on any atom is 0.237 e. The summed E-state index contributed by atoms with van der Waals surface area (Å²) in [5.41, 5.74) is 3.21. The summed E-state index contributed by atoms with van der Waals surface area (Å²) in [4.78, 5) is 4.49. The van der Waals surface area contributed by atoms with Gasteiger partial charge in [-0.25, -0.2) is 0 Å². The Morgan fingerprint density at radius 3 is 2.48 bits per heavy atom. The van der Waals surface area contributed by atoms with Crippen LogP contribution >= 0.6 is 11.8 Å². The number of hydrogen-bond donors (Lipinski definition) is 0. The smallest absolute Gasteiger partial charge is 0.237 e. The van der Waals surface area contributed by atoms with E-state index in [-0.39, 0.29) is 0 Å². The molecule has 0 saturated heterocycles. The fraction of sp³-hybridized carbons (Fsp3) is 0.238. The van der Waals surface area contributed by atoms with Crippen molar-refractivity contribution in [1.82, 2.24) is 24.9 Å². The van der Waals surface area contributed by atoms with Gasteiger partial charge in [0, 0.05) is 11.3 Å². The molecule has 2 aromatic heterocycles. The van der Waals surface area contributed by atoms with E-state index >= 15 is 0 Å².